The lowest BCUT2D eigenvalue weighted by Crippen LogP contribution is -2.55. The minimum Gasteiger partial charge on any atom is -0.444 e. The Bertz CT molecular complexity index is 1070. The molecule has 2 amide bonds. The standard InChI is InChI=1S/C23H31F2N3O7S/c24-17-1-2-20(25)19(13-17)16-3-8-28(9-4-16)36(32,33)15-23(21(29)26-31)6-10-27(11-7-23)22(30)35-18-5-12-34-14-18/h1-2,13,16,18,31H,3-12,14-15H2,(H,26,29). The van der Waals surface area contributed by atoms with Crippen LogP contribution in [0.2, 0.25) is 0 Å². The Labute approximate surface area is 208 Å². The van der Waals surface area contributed by atoms with Crippen LogP contribution in [0.15, 0.2) is 18.2 Å². The molecule has 4 rings (SSSR count). The van der Waals surface area contributed by atoms with Gasteiger partial charge in [-0.15, -0.1) is 0 Å². The van der Waals surface area contributed by atoms with E-state index in [9.17, 15) is 32.0 Å². The molecule has 3 saturated heterocycles. The van der Waals surface area contributed by atoms with Gasteiger partial charge in [0.05, 0.1) is 24.4 Å². The summed E-state index contributed by atoms with van der Waals surface area (Å²) in [6, 6.07) is 3.25. The summed E-state index contributed by atoms with van der Waals surface area (Å²) in [7, 11) is -3.93. The molecule has 3 fully saturated rings. The third kappa shape index (κ3) is 5.79. The van der Waals surface area contributed by atoms with Gasteiger partial charge in [0.15, 0.2) is 0 Å². The molecule has 3 aliphatic rings. The molecule has 10 nitrogen and oxygen atoms in total. The first kappa shape index (κ1) is 26.7. The van der Waals surface area contributed by atoms with Crippen LogP contribution in [0.3, 0.4) is 0 Å². The number of nitrogens with zero attached hydrogens (tertiary/aromatic N) is 2. The van der Waals surface area contributed by atoms with E-state index in [0.29, 0.717) is 32.5 Å². The quantitative estimate of drug-likeness (QED) is 0.425. The number of piperidine rings is 2. The van der Waals surface area contributed by atoms with E-state index in [4.69, 9.17) is 9.47 Å². The minimum atomic E-state index is -3.93. The van der Waals surface area contributed by atoms with Crippen molar-refractivity contribution in [3.05, 3.63) is 35.4 Å². The molecule has 1 aromatic carbocycles. The number of ether oxygens (including phenoxy) is 2. The first-order valence-electron chi connectivity index (χ1n) is 12.0. The monoisotopic (exact) mass is 531 g/mol. The van der Waals surface area contributed by atoms with Crippen LogP contribution < -0.4 is 5.48 Å². The Morgan fingerprint density at radius 1 is 1.14 bits per heavy atom. The van der Waals surface area contributed by atoms with Crippen LogP contribution in [-0.4, -0.2) is 86.1 Å². The molecule has 200 valence electrons. The van der Waals surface area contributed by atoms with Crippen LogP contribution in [0.25, 0.3) is 0 Å². The molecule has 1 aromatic rings. The topological polar surface area (TPSA) is 125 Å². The fourth-order valence-corrected chi connectivity index (χ4v) is 7.28. The Morgan fingerprint density at radius 2 is 1.83 bits per heavy atom. The molecule has 0 saturated carbocycles. The summed E-state index contributed by atoms with van der Waals surface area (Å²) < 4.78 is 66.2. The molecule has 3 heterocycles. The van der Waals surface area contributed by atoms with Crippen molar-refractivity contribution in [2.24, 2.45) is 5.41 Å². The van der Waals surface area contributed by atoms with Crippen LogP contribution in [-0.2, 0) is 24.3 Å². The lowest BCUT2D eigenvalue weighted by Gasteiger charge is -2.41. The number of carbonyl (C=O) groups is 2. The number of hydrogen-bond donors (Lipinski definition) is 2. The summed E-state index contributed by atoms with van der Waals surface area (Å²) >= 11 is 0. The van der Waals surface area contributed by atoms with Crippen molar-refractivity contribution in [2.75, 3.05) is 45.1 Å². The highest BCUT2D eigenvalue weighted by molar-refractivity contribution is 7.89. The number of carbonyl (C=O) groups excluding carboxylic acids is 2. The van der Waals surface area contributed by atoms with Crippen molar-refractivity contribution in [3.63, 3.8) is 0 Å². The molecule has 13 heteroatoms. The molecular formula is C23H31F2N3O7S. The van der Waals surface area contributed by atoms with Crippen molar-refractivity contribution < 1.29 is 41.5 Å². The molecule has 1 unspecified atom stereocenters. The van der Waals surface area contributed by atoms with Crippen molar-refractivity contribution in [1.29, 1.82) is 0 Å². The summed E-state index contributed by atoms with van der Waals surface area (Å²) in [5.41, 5.74) is 0.398. The van der Waals surface area contributed by atoms with E-state index < -0.39 is 44.8 Å². The Morgan fingerprint density at radius 3 is 2.44 bits per heavy atom. The predicted molar refractivity (Wildman–Crippen MR) is 123 cm³/mol. The summed E-state index contributed by atoms with van der Waals surface area (Å²) in [6.07, 6.45) is 0.413. The molecule has 1 atom stereocenters. The van der Waals surface area contributed by atoms with Gasteiger partial charge in [0.1, 0.15) is 17.7 Å². The fourth-order valence-electron chi connectivity index (χ4n) is 5.21. The molecule has 0 bridgehead atoms. The van der Waals surface area contributed by atoms with E-state index in [-0.39, 0.29) is 56.6 Å². The maximum Gasteiger partial charge on any atom is 0.410 e. The second kappa shape index (κ2) is 11.0. The first-order valence-corrected chi connectivity index (χ1v) is 13.6. The number of benzene rings is 1. The van der Waals surface area contributed by atoms with Gasteiger partial charge in [0.25, 0.3) is 5.91 Å². The third-order valence-electron chi connectivity index (χ3n) is 7.42. The van der Waals surface area contributed by atoms with Crippen molar-refractivity contribution in [2.45, 2.75) is 44.1 Å². The van der Waals surface area contributed by atoms with Gasteiger partial charge < -0.3 is 14.4 Å². The summed E-state index contributed by atoms with van der Waals surface area (Å²) in [5, 5.41) is 9.34. The zero-order chi connectivity index (χ0) is 25.9. The van der Waals surface area contributed by atoms with Gasteiger partial charge in [-0.05, 0) is 55.4 Å². The zero-order valence-corrected chi connectivity index (χ0v) is 20.6. The number of amides is 2. The maximum absolute atomic E-state index is 14.2. The number of likely N-dealkylation sites (tertiary alicyclic amines) is 1. The molecule has 36 heavy (non-hydrogen) atoms. The van der Waals surface area contributed by atoms with Crippen LogP contribution in [0, 0.1) is 17.0 Å². The van der Waals surface area contributed by atoms with Gasteiger partial charge in [-0.1, -0.05) is 0 Å². The molecule has 3 aliphatic heterocycles. The lowest BCUT2D eigenvalue weighted by molar-refractivity contribution is -0.141. The minimum absolute atomic E-state index is 0.0276. The average molecular weight is 532 g/mol. The van der Waals surface area contributed by atoms with Crippen LogP contribution in [0.4, 0.5) is 13.6 Å². The van der Waals surface area contributed by atoms with Gasteiger partial charge in [-0.25, -0.2) is 31.8 Å². The maximum atomic E-state index is 14.2. The van der Waals surface area contributed by atoms with E-state index in [0.717, 1.165) is 18.2 Å². The summed E-state index contributed by atoms with van der Waals surface area (Å²) in [6.45, 7) is 1.23. The van der Waals surface area contributed by atoms with Gasteiger partial charge in [-0.3, -0.25) is 10.0 Å². The second-order valence-electron chi connectivity index (χ2n) is 9.67. The normalized spacial score (nSPS) is 23.4. The van der Waals surface area contributed by atoms with Crippen molar-refractivity contribution >= 4 is 22.0 Å². The predicted octanol–water partition coefficient (Wildman–Crippen LogP) is 1.99. The Kier molecular flexibility index (Phi) is 8.12. The number of nitrogens with one attached hydrogen (secondary N) is 1. The second-order valence-corrected chi connectivity index (χ2v) is 11.6. The summed E-state index contributed by atoms with van der Waals surface area (Å²) in [5.74, 6) is -2.75. The summed E-state index contributed by atoms with van der Waals surface area (Å²) in [4.78, 5) is 26.5. The van der Waals surface area contributed by atoms with Crippen LogP contribution in [0.5, 0.6) is 0 Å². The Hall–Kier alpha value is -2.35. The van der Waals surface area contributed by atoms with E-state index in [2.05, 4.69) is 0 Å². The van der Waals surface area contributed by atoms with Crippen molar-refractivity contribution in [1.82, 2.24) is 14.7 Å². The van der Waals surface area contributed by atoms with Gasteiger partial charge in [0, 0.05) is 32.6 Å². The van der Waals surface area contributed by atoms with Gasteiger partial charge >= 0.3 is 6.09 Å². The van der Waals surface area contributed by atoms with Crippen LogP contribution in [0.1, 0.15) is 43.6 Å². The highest BCUT2D eigenvalue weighted by Crippen LogP contribution is 2.37. The molecule has 2 N–H and O–H groups in total. The van der Waals surface area contributed by atoms with Gasteiger partial charge in [-0.2, -0.15) is 0 Å². The lowest BCUT2D eigenvalue weighted by atomic mass is 9.79. The van der Waals surface area contributed by atoms with Crippen molar-refractivity contribution in [3.8, 4) is 0 Å². The Balaban J connectivity index is 1.38. The molecule has 0 radical (unpaired) electrons. The van der Waals surface area contributed by atoms with E-state index in [1.54, 1.807) is 5.48 Å². The van der Waals surface area contributed by atoms with Crippen LogP contribution >= 0.6 is 0 Å². The number of hydroxylamine groups is 1. The first-order chi connectivity index (χ1) is 17.1. The highest BCUT2D eigenvalue weighted by Gasteiger charge is 2.47. The third-order valence-corrected chi connectivity index (χ3v) is 9.49. The zero-order valence-electron chi connectivity index (χ0n) is 19.8. The number of sulfonamides is 1. The number of halogens is 2. The largest absolute Gasteiger partial charge is 0.444 e. The fraction of sp³-hybridized carbons (Fsp3) is 0.652. The molecular weight excluding hydrogens is 500 g/mol. The number of rotatable bonds is 6. The smallest absolute Gasteiger partial charge is 0.410 e. The van der Waals surface area contributed by atoms with Gasteiger partial charge in [0.2, 0.25) is 10.0 Å². The van der Waals surface area contributed by atoms with E-state index in [1.165, 1.54) is 9.21 Å². The SMILES string of the molecule is O=C(OC1CCOC1)N1CCC(CS(=O)(=O)N2CCC(c3cc(F)ccc3F)CC2)(C(=O)NO)CC1. The van der Waals surface area contributed by atoms with E-state index in [1.807, 2.05) is 0 Å². The number of hydrogen-bond acceptors (Lipinski definition) is 7. The average Bonchev–Trinajstić information content (AvgIpc) is 3.38. The molecule has 0 aromatic heterocycles. The highest BCUT2D eigenvalue weighted by atomic mass is 32.2. The molecule has 0 aliphatic carbocycles. The van der Waals surface area contributed by atoms with E-state index >= 15 is 0 Å². The molecule has 0 spiro atoms.